The van der Waals surface area contributed by atoms with E-state index in [0.717, 1.165) is 22.6 Å². The van der Waals surface area contributed by atoms with Crippen LogP contribution in [0, 0.1) is 13.8 Å². The molecule has 1 aromatic carbocycles. The maximum Gasteiger partial charge on any atom is 0.257 e. The summed E-state index contributed by atoms with van der Waals surface area (Å²) in [5.74, 6) is -0.103. The first-order chi connectivity index (χ1) is 12.5. The van der Waals surface area contributed by atoms with Crippen molar-refractivity contribution in [3.05, 3.63) is 65.2 Å². The Bertz CT molecular complexity index is 920. The van der Waals surface area contributed by atoms with Crippen molar-refractivity contribution in [3.63, 3.8) is 0 Å². The van der Waals surface area contributed by atoms with E-state index in [1.165, 1.54) is 11.8 Å². The summed E-state index contributed by atoms with van der Waals surface area (Å²) < 4.78 is 1.91. The monoisotopic (exact) mass is 367 g/mol. The second kappa shape index (κ2) is 7.70. The molecular formula is C19H21N5OS. The molecule has 0 radical (unpaired) electrons. The highest BCUT2D eigenvalue weighted by molar-refractivity contribution is 7.98. The van der Waals surface area contributed by atoms with Crippen molar-refractivity contribution in [2.24, 2.45) is 0 Å². The molecule has 2 aromatic heterocycles. The van der Waals surface area contributed by atoms with E-state index < -0.39 is 0 Å². The molecule has 0 bridgehead atoms. The Morgan fingerprint density at radius 1 is 1.19 bits per heavy atom. The Morgan fingerprint density at radius 3 is 2.54 bits per heavy atom. The summed E-state index contributed by atoms with van der Waals surface area (Å²) in [6, 6.07) is 10.1. The number of nitrogens with zero attached hydrogens (tertiary/aromatic N) is 5. The van der Waals surface area contributed by atoms with Crippen molar-refractivity contribution in [2.45, 2.75) is 25.5 Å². The van der Waals surface area contributed by atoms with Crippen molar-refractivity contribution in [1.82, 2.24) is 24.6 Å². The smallest absolute Gasteiger partial charge is 0.257 e. The van der Waals surface area contributed by atoms with Crippen molar-refractivity contribution in [3.8, 4) is 5.69 Å². The number of aromatic nitrogens is 4. The third-order valence-electron chi connectivity index (χ3n) is 3.99. The van der Waals surface area contributed by atoms with Gasteiger partial charge in [-0.2, -0.15) is 5.10 Å². The summed E-state index contributed by atoms with van der Waals surface area (Å²) in [6.45, 7) is 4.50. The standard InChI is InChI=1S/C19H21N5OS/c1-13-8-14(2)24(22-13)17-7-5-6-15(9-17)12-23(3)18(25)16-10-20-19(26-4)21-11-16/h5-11H,12H2,1-4H3. The molecule has 7 heteroatoms. The molecule has 3 rings (SSSR count). The molecule has 134 valence electrons. The van der Waals surface area contributed by atoms with E-state index in [0.29, 0.717) is 17.3 Å². The number of carbonyl (C=O) groups is 1. The van der Waals surface area contributed by atoms with Crippen LogP contribution < -0.4 is 0 Å². The minimum absolute atomic E-state index is 0.103. The van der Waals surface area contributed by atoms with Gasteiger partial charge in [-0.05, 0) is 43.9 Å². The summed E-state index contributed by atoms with van der Waals surface area (Å²) in [4.78, 5) is 22.6. The number of amides is 1. The first-order valence-electron chi connectivity index (χ1n) is 8.22. The molecule has 0 spiro atoms. The Hall–Kier alpha value is -2.67. The molecule has 0 atom stereocenters. The van der Waals surface area contributed by atoms with Gasteiger partial charge in [0.05, 0.1) is 16.9 Å². The van der Waals surface area contributed by atoms with E-state index in [4.69, 9.17) is 0 Å². The average molecular weight is 367 g/mol. The minimum Gasteiger partial charge on any atom is -0.337 e. The summed E-state index contributed by atoms with van der Waals surface area (Å²) in [7, 11) is 1.78. The third-order valence-corrected chi connectivity index (χ3v) is 4.56. The molecule has 0 saturated carbocycles. The second-order valence-corrected chi connectivity index (χ2v) is 6.90. The van der Waals surface area contributed by atoms with Crippen LogP contribution in [-0.2, 0) is 6.54 Å². The number of carbonyl (C=O) groups excluding carboxylic acids is 1. The van der Waals surface area contributed by atoms with Crippen LogP contribution in [0.5, 0.6) is 0 Å². The highest BCUT2D eigenvalue weighted by Crippen LogP contribution is 2.16. The summed E-state index contributed by atoms with van der Waals surface area (Å²) in [5.41, 5.74) is 4.57. The van der Waals surface area contributed by atoms with Gasteiger partial charge in [-0.25, -0.2) is 14.6 Å². The molecule has 26 heavy (non-hydrogen) atoms. The number of aryl methyl sites for hydroxylation is 2. The van der Waals surface area contributed by atoms with Gasteiger partial charge in [0.15, 0.2) is 5.16 Å². The topological polar surface area (TPSA) is 63.9 Å². The van der Waals surface area contributed by atoms with E-state index in [1.807, 2.05) is 49.1 Å². The molecular weight excluding hydrogens is 346 g/mol. The van der Waals surface area contributed by atoms with Gasteiger partial charge in [-0.1, -0.05) is 23.9 Å². The fraction of sp³-hybridized carbons (Fsp3) is 0.263. The maximum atomic E-state index is 12.6. The zero-order chi connectivity index (χ0) is 18.7. The van der Waals surface area contributed by atoms with Gasteiger partial charge in [0.1, 0.15) is 0 Å². The van der Waals surface area contributed by atoms with Crippen molar-refractivity contribution in [1.29, 1.82) is 0 Å². The molecule has 3 aromatic rings. The maximum absolute atomic E-state index is 12.6. The zero-order valence-corrected chi connectivity index (χ0v) is 16.1. The average Bonchev–Trinajstić information content (AvgIpc) is 2.99. The second-order valence-electron chi connectivity index (χ2n) is 6.13. The Morgan fingerprint density at radius 2 is 1.92 bits per heavy atom. The van der Waals surface area contributed by atoms with Crippen molar-refractivity contribution >= 4 is 17.7 Å². The first kappa shape index (κ1) is 18.1. The van der Waals surface area contributed by atoms with E-state index in [-0.39, 0.29) is 5.91 Å². The molecule has 0 unspecified atom stereocenters. The quantitative estimate of drug-likeness (QED) is 0.511. The van der Waals surface area contributed by atoms with E-state index in [1.54, 1.807) is 24.3 Å². The Balaban J connectivity index is 1.76. The van der Waals surface area contributed by atoms with Crippen LogP contribution in [0.15, 0.2) is 47.9 Å². The molecule has 0 saturated heterocycles. The van der Waals surface area contributed by atoms with E-state index >= 15 is 0 Å². The van der Waals surface area contributed by atoms with Gasteiger partial charge in [-0.15, -0.1) is 0 Å². The van der Waals surface area contributed by atoms with Crippen LogP contribution in [-0.4, -0.2) is 43.9 Å². The lowest BCUT2D eigenvalue weighted by atomic mass is 10.1. The van der Waals surface area contributed by atoms with Gasteiger partial charge >= 0.3 is 0 Å². The summed E-state index contributed by atoms with van der Waals surface area (Å²) >= 11 is 1.45. The fourth-order valence-electron chi connectivity index (χ4n) is 2.77. The normalized spacial score (nSPS) is 10.8. The fourth-order valence-corrected chi connectivity index (χ4v) is 3.09. The number of thioether (sulfide) groups is 1. The van der Waals surface area contributed by atoms with Crippen LogP contribution in [0.3, 0.4) is 0 Å². The molecule has 0 aliphatic heterocycles. The summed E-state index contributed by atoms with van der Waals surface area (Å²) in [5, 5.41) is 5.17. The lowest BCUT2D eigenvalue weighted by Gasteiger charge is -2.17. The number of hydrogen-bond donors (Lipinski definition) is 0. The van der Waals surface area contributed by atoms with Gasteiger partial charge in [0.25, 0.3) is 5.91 Å². The molecule has 6 nitrogen and oxygen atoms in total. The molecule has 0 aliphatic rings. The third kappa shape index (κ3) is 3.94. The lowest BCUT2D eigenvalue weighted by molar-refractivity contribution is 0.0784. The Labute approximate surface area is 157 Å². The Kier molecular flexibility index (Phi) is 5.37. The molecule has 1 amide bonds. The predicted octanol–water partition coefficient (Wildman–Crippen LogP) is 3.27. The van der Waals surface area contributed by atoms with Crippen LogP contribution in [0.25, 0.3) is 5.69 Å². The highest BCUT2D eigenvalue weighted by Gasteiger charge is 2.14. The van der Waals surface area contributed by atoms with Crippen molar-refractivity contribution < 1.29 is 4.79 Å². The molecule has 0 N–H and O–H groups in total. The van der Waals surface area contributed by atoms with Gasteiger partial charge in [0.2, 0.25) is 0 Å². The molecule has 2 heterocycles. The minimum atomic E-state index is -0.103. The van der Waals surface area contributed by atoms with Crippen LogP contribution in [0.4, 0.5) is 0 Å². The SMILES string of the molecule is CSc1ncc(C(=O)N(C)Cc2cccc(-n3nc(C)cc3C)c2)cn1. The van der Waals surface area contributed by atoms with E-state index in [2.05, 4.69) is 21.1 Å². The van der Waals surface area contributed by atoms with Crippen LogP contribution >= 0.6 is 11.8 Å². The van der Waals surface area contributed by atoms with Gasteiger partial charge in [0, 0.05) is 31.7 Å². The predicted molar refractivity (Wildman–Crippen MR) is 103 cm³/mol. The largest absolute Gasteiger partial charge is 0.337 e. The van der Waals surface area contributed by atoms with Gasteiger partial charge < -0.3 is 4.90 Å². The highest BCUT2D eigenvalue weighted by atomic mass is 32.2. The van der Waals surface area contributed by atoms with Crippen molar-refractivity contribution in [2.75, 3.05) is 13.3 Å². The molecule has 0 aliphatic carbocycles. The zero-order valence-electron chi connectivity index (χ0n) is 15.3. The van der Waals surface area contributed by atoms with Crippen LogP contribution in [0.2, 0.25) is 0 Å². The van der Waals surface area contributed by atoms with E-state index in [9.17, 15) is 4.79 Å². The van der Waals surface area contributed by atoms with Crippen LogP contribution in [0.1, 0.15) is 27.3 Å². The number of benzene rings is 1. The molecule has 0 fully saturated rings. The number of hydrogen-bond acceptors (Lipinski definition) is 5. The number of rotatable bonds is 5. The lowest BCUT2D eigenvalue weighted by Crippen LogP contribution is -2.26. The summed E-state index contributed by atoms with van der Waals surface area (Å²) in [6.07, 6.45) is 5.05. The van der Waals surface area contributed by atoms with Gasteiger partial charge in [-0.3, -0.25) is 4.79 Å². The first-order valence-corrected chi connectivity index (χ1v) is 9.44.